The molecule has 2 fully saturated rings. The van der Waals surface area contributed by atoms with Crippen LogP contribution in [0.1, 0.15) is 6.42 Å². The van der Waals surface area contributed by atoms with Crippen molar-refractivity contribution in [2.75, 3.05) is 40.0 Å². The number of nitrogens with zero attached hydrogens (tertiary/aromatic N) is 2. The molecule has 2 saturated heterocycles. The average Bonchev–Trinajstić information content (AvgIpc) is 2.88. The maximum Gasteiger partial charge on any atom is 0.248 e. The lowest BCUT2D eigenvalue weighted by atomic mass is 9.81. The minimum absolute atomic E-state index is 0.0190. The van der Waals surface area contributed by atoms with Gasteiger partial charge in [-0.1, -0.05) is 0 Å². The van der Waals surface area contributed by atoms with Gasteiger partial charge in [-0.15, -0.1) is 0 Å². The summed E-state index contributed by atoms with van der Waals surface area (Å²) in [4.78, 5) is 17.6. The second-order valence-electron chi connectivity index (χ2n) is 5.58. The number of rotatable bonds is 5. The van der Waals surface area contributed by atoms with Crippen LogP contribution in [0.15, 0.2) is 24.5 Å². The fourth-order valence-corrected chi connectivity index (χ4v) is 2.99. The summed E-state index contributed by atoms with van der Waals surface area (Å²) < 4.78 is 16.6. The monoisotopic (exact) mass is 292 g/mol. The number of ether oxygens (including phenoxy) is 3. The highest BCUT2D eigenvalue weighted by atomic mass is 16.5. The predicted octanol–water partition coefficient (Wildman–Crippen LogP) is 0.724. The number of carbonyl (C=O) groups is 1. The lowest BCUT2D eigenvalue weighted by Gasteiger charge is -2.50. The summed E-state index contributed by atoms with van der Waals surface area (Å²) in [5.41, 5.74) is -0.231. The van der Waals surface area contributed by atoms with E-state index in [-0.39, 0.29) is 18.1 Å². The number of hydrogen-bond acceptors (Lipinski definition) is 5. The van der Waals surface area contributed by atoms with Gasteiger partial charge in [0.05, 0.1) is 25.9 Å². The molecular formula is C15H20N2O4. The molecule has 0 aromatic carbocycles. The number of pyridine rings is 1. The Hall–Kier alpha value is -1.66. The van der Waals surface area contributed by atoms with Crippen LogP contribution in [0.4, 0.5) is 0 Å². The van der Waals surface area contributed by atoms with E-state index in [1.165, 1.54) is 7.11 Å². The Labute approximate surface area is 124 Å². The molecule has 0 aliphatic carbocycles. The highest BCUT2D eigenvalue weighted by molar-refractivity contribution is 5.78. The van der Waals surface area contributed by atoms with Crippen LogP contribution in [0, 0.1) is 5.92 Å². The van der Waals surface area contributed by atoms with Gasteiger partial charge in [0.1, 0.15) is 18.0 Å². The van der Waals surface area contributed by atoms with Crippen LogP contribution in [0.2, 0.25) is 0 Å². The third-order valence-electron chi connectivity index (χ3n) is 4.22. The fourth-order valence-electron chi connectivity index (χ4n) is 2.99. The first-order valence-corrected chi connectivity index (χ1v) is 7.17. The van der Waals surface area contributed by atoms with Crippen molar-refractivity contribution in [1.29, 1.82) is 0 Å². The molecule has 1 amide bonds. The molecule has 6 nitrogen and oxygen atoms in total. The SMILES string of the molecule is COCC(=O)N1CC2(C1)OCC[C@H]2COc1cccnc1. The van der Waals surface area contributed by atoms with Gasteiger partial charge < -0.3 is 19.1 Å². The Bertz CT molecular complexity index is 488. The maximum absolute atomic E-state index is 11.8. The number of methoxy groups -OCH3 is 1. The molecule has 2 aliphatic heterocycles. The van der Waals surface area contributed by atoms with E-state index in [9.17, 15) is 4.79 Å². The van der Waals surface area contributed by atoms with Crippen molar-refractivity contribution in [3.63, 3.8) is 0 Å². The minimum atomic E-state index is -0.231. The van der Waals surface area contributed by atoms with Gasteiger partial charge in [0, 0.05) is 25.8 Å². The Morgan fingerprint density at radius 1 is 1.57 bits per heavy atom. The topological polar surface area (TPSA) is 60.9 Å². The molecule has 0 bridgehead atoms. The van der Waals surface area contributed by atoms with Crippen LogP contribution in [0.3, 0.4) is 0 Å². The molecule has 0 unspecified atom stereocenters. The fraction of sp³-hybridized carbons (Fsp3) is 0.600. The van der Waals surface area contributed by atoms with E-state index in [0.29, 0.717) is 25.6 Å². The highest BCUT2D eigenvalue weighted by Crippen LogP contribution is 2.40. The van der Waals surface area contributed by atoms with Crippen molar-refractivity contribution in [2.24, 2.45) is 5.92 Å². The van der Waals surface area contributed by atoms with E-state index in [0.717, 1.165) is 18.8 Å². The first-order chi connectivity index (χ1) is 10.2. The Morgan fingerprint density at radius 3 is 3.14 bits per heavy atom. The van der Waals surface area contributed by atoms with E-state index >= 15 is 0 Å². The average molecular weight is 292 g/mol. The second-order valence-corrected chi connectivity index (χ2v) is 5.58. The third kappa shape index (κ3) is 2.87. The summed E-state index contributed by atoms with van der Waals surface area (Å²) in [5.74, 6) is 1.10. The van der Waals surface area contributed by atoms with Crippen molar-refractivity contribution in [1.82, 2.24) is 9.88 Å². The molecular weight excluding hydrogens is 272 g/mol. The van der Waals surface area contributed by atoms with Crippen molar-refractivity contribution in [3.05, 3.63) is 24.5 Å². The Balaban J connectivity index is 1.54. The van der Waals surface area contributed by atoms with E-state index in [2.05, 4.69) is 4.98 Å². The Morgan fingerprint density at radius 2 is 2.43 bits per heavy atom. The zero-order valence-electron chi connectivity index (χ0n) is 12.2. The van der Waals surface area contributed by atoms with Gasteiger partial charge in [0.2, 0.25) is 5.91 Å². The molecule has 21 heavy (non-hydrogen) atoms. The lowest BCUT2D eigenvalue weighted by Crippen LogP contribution is -2.67. The largest absolute Gasteiger partial charge is 0.492 e. The van der Waals surface area contributed by atoms with Crippen LogP contribution >= 0.6 is 0 Å². The lowest BCUT2D eigenvalue weighted by molar-refractivity contribution is -0.169. The van der Waals surface area contributed by atoms with Crippen molar-refractivity contribution < 1.29 is 19.0 Å². The summed E-state index contributed by atoms with van der Waals surface area (Å²) in [6.07, 6.45) is 4.39. The zero-order chi connectivity index (χ0) is 14.7. The number of hydrogen-bond donors (Lipinski definition) is 0. The molecule has 0 N–H and O–H groups in total. The molecule has 1 aromatic heterocycles. The third-order valence-corrected chi connectivity index (χ3v) is 4.22. The van der Waals surface area contributed by atoms with Gasteiger partial charge in [0.15, 0.2) is 0 Å². The van der Waals surface area contributed by atoms with Gasteiger partial charge in [-0.05, 0) is 18.6 Å². The number of amides is 1. The number of aromatic nitrogens is 1. The normalized spacial score (nSPS) is 23.1. The Kier molecular flexibility index (Phi) is 4.07. The number of likely N-dealkylation sites (tertiary alicyclic amines) is 1. The van der Waals surface area contributed by atoms with Crippen LogP contribution in [-0.4, -0.2) is 61.4 Å². The molecule has 0 radical (unpaired) electrons. The highest BCUT2D eigenvalue weighted by Gasteiger charge is 2.54. The zero-order valence-corrected chi connectivity index (χ0v) is 12.2. The molecule has 114 valence electrons. The van der Waals surface area contributed by atoms with Crippen LogP contribution in [-0.2, 0) is 14.3 Å². The standard InChI is InChI=1S/C15H20N2O4/c1-19-9-14(18)17-10-15(11-17)12(4-6-21-15)8-20-13-3-2-5-16-7-13/h2-3,5,7,12H,4,6,8-11H2,1H3/t12-/m0/s1. The molecule has 2 aliphatic rings. The van der Waals surface area contributed by atoms with E-state index in [1.807, 2.05) is 12.1 Å². The van der Waals surface area contributed by atoms with Crippen molar-refractivity contribution in [3.8, 4) is 5.75 Å². The van der Waals surface area contributed by atoms with E-state index < -0.39 is 0 Å². The van der Waals surface area contributed by atoms with Gasteiger partial charge >= 0.3 is 0 Å². The van der Waals surface area contributed by atoms with Gasteiger partial charge in [-0.25, -0.2) is 0 Å². The predicted molar refractivity (Wildman–Crippen MR) is 75.0 cm³/mol. The van der Waals surface area contributed by atoms with Crippen LogP contribution in [0.5, 0.6) is 5.75 Å². The van der Waals surface area contributed by atoms with Crippen molar-refractivity contribution >= 4 is 5.91 Å². The molecule has 0 saturated carbocycles. The summed E-state index contributed by atoms with van der Waals surface area (Å²) in [6, 6.07) is 3.75. The molecule has 1 spiro atoms. The minimum Gasteiger partial charge on any atom is -0.492 e. The summed E-state index contributed by atoms with van der Waals surface area (Å²) in [7, 11) is 1.53. The van der Waals surface area contributed by atoms with Gasteiger partial charge in [-0.3, -0.25) is 9.78 Å². The van der Waals surface area contributed by atoms with Crippen LogP contribution in [0.25, 0.3) is 0 Å². The number of carbonyl (C=O) groups excluding carboxylic acids is 1. The van der Waals surface area contributed by atoms with Crippen LogP contribution < -0.4 is 4.74 Å². The van der Waals surface area contributed by atoms with Gasteiger partial charge in [-0.2, -0.15) is 0 Å². The summed E-state index contributed by atoms with van der Waals surface area (Å²) in [6.45, 7) is 2.73. The smallest absolute Gasteiger partial charge is 0.248 e. The van der Waals surface area contributed by atoms with Gasteiger partial charge in [0.25, 0.3) is 0 Å². The van der Waals surface area contributed by atoms with E-state index in [4.69, 9.17) is 14.2 Å². The van der Waals surface area contributed by atoms with Crippen molar-refractivity contribution in [2.45, 2.75) is 12.0 Å². The quantitative estimate of drug-likeness (QED) is 0.800. The molecule has 6 heteroatoms. The maximum atomic E-state index is 11.8. The molecule has 3 heterocycles. The van der Waals surface area contributed by atoms with E-state index in [1.54, 1.807) is 17.3 Å². The molecule has 1 aromatic rings. The first-order valence-electron chi connectivity index (χ1n) is 7.17. The first kappa shape index (κ1) is 14.3. The summed E-state index contributed by atoms with van der Waals surface area (Å²) >= 11 is 0. The summed E-state index contributed by atoms with van der Waals surface area (Å²) in [5, 5.41) is 0. The molecule has 1 atom stereocenters. The molecule has 3 rings (SSSR count). The second kappa shape index (κ2) is 5.99.